The van der Waals surface area contributed by atoms with E-state index in [1.54, 1.807) is 28.2 Å². The minimum Gasteiger partial charge on any atom is -0.335 e. The van der Waals surface area contributed by atoms with Crippen molar-refractivity contribution in [2.75, 3.05) is 26.2 Å². The maximum absolute atomic E-state index is 13.6. The largest absolute Gasteiger partial charge is 0.335 e. The van der Waals surface area contributed by atoms with Crippen LogP contribution in [0.2, 0.25) is 10.0 Å². The molecular weight excluding hydrogens is 475 g/mol. The van der Waals surface area contributed by atoms with Crippen LogP contribution in [0.1, 0.15) is 16.1 Å². The van der Waals surface area contributed by atoms with E-state index in [9.17, 15) is 4.79 Å². The van der Waals surface area contributed by atoms with Crippen LogP contribution in [0.3, 0.4) is 0 Å². The predicted octanol–water partition coefficient (Wildman–Crippen LogP) is 5.87. The van der Waals surface area contributed by atoms with E-state index in [1.165, 1.54) is 5.56 Å². The monoisotopic (exact) mass is 496 g/mol. The number of piperazine rings is 1. The molecule has 1 aliphatic rings. The Bertz CT molecular complexity index is 1250. The first-order chi connectivity index (χ1) is 16.1. The average molecular weight is 497 g/mol. The van der Waals surface area contributed by atoms with Gasteiger partial charge in [0.15, 0.2) is 0 Å². The van der Waals surface area contributed by atoms with Crippen LogP contribution in [0.4, 0.5) is 0 Å². The Labute approximate surface area is 206 Å². The highest BCUT2D eigenvalue weighted by atomic mass is 35.5. The molecule has 168 valence electrons. The lowest BCUT2D eigenvalue weighted by Gasteiger charge is -2.34. The summed E-state index contributed by atoms with van der Waals surface area (Å²) >= 11 is 14.0. The van der Waals surface area contributed by atoms with Crippen LogP contribution < -0.4 is 0 Å². The number of benzene rings is 2. The molecule has 0 aliphatic carbocycles. The highest BCUT2D eigenvalue weighted by molar-refractivity contribution is 7.13. The number of carbonyl (C=O) groups is 1. The molecule has 1 saturated heterocycles. The number of carbonyl (C=O) groups excluding carboxylic acids is 1. The molecule has 33 heavy (non-hydrogen) atoms. The molecule has 0 radical (unpaired) electrons. The zero-order valence-electron chi connectivity index (χ0n) is 17.8. The highest BCUT2D eigenvalue weighted by Crippen LogP contribution is 2.29. The molecule has 1 amide bonds. The van der Waals surface area contributed by atoms with Crippen molar-refractivity contribution in [1.82, 2.24) is 19.6 Å². The Hall–Kier alpha value is -2.64. The maximum Gasteiger partial charge on any atom is 0.272 e. The normalized spacial score (nSPS) is 14.5. The Morgan fingerprint density at radius 3 is 2.39 bits per heavy atom. The number of rotatable bonds is 5. The van der Waals surface area contributed by atoms with Crippen molar-refractivity contribution in [2.24, 2.45) is 0 Å². The number of hydrogen-bond donors (Lipinski definition) is 0. The third-order valence-corrected chi connectivity index (χ3v) is 7.39. The summed E-state index contributed by atoms with van der Waals surface area (Å²) in [6, 6.07) is 21.6. The third-order valence-electron chi connectivity index (χ3n) is 5.76. The molecule has 4 aromatic rings. The molecule has 8 heteroatoms. The highest BCUT2D eigenvalue weighted by Gasteiger charge is 2.26. The lowest BCUT2D eigenvalue weighted by molar-refractivity contribution is 0.0619. The average Bonchev–Trinajstić information content (AvgIpc) is 3.52. The van der Waals surface area contributed by atoms with Crippen LogP contribution in [0.25, 0.3) is 16.3 Å². The fraction of sp³-hybridized carbons (Fsp3) is 0.200. The Morgan fingerprint density at radius 2 is 1.70 bits per heavy atom. The molecule has 5 nitrogen and oxygen atoms in total. The van der Waals surface area contributed by atoms with Gasteiger partial charge >= 0.3 is 0 Å². The van der Waals surface area contributed by atoms with Crippen molar-refractivity contribution in [3.05, 3.63) is 93.4 Å². The van der Waals surface area contributed by atoms with Gasteiger partial charge in [-0.05, 0) is 41.3 Å². The van der Waals surface area contributed by atoms with Gasteiger partial charge in [0.1, 0.15) is 11.4 Å². The van der Waals surface area contributed by atoms with Crippen LogP contribution in [0, 0.1) is 0 Å². The molecule has 3 heterocycles. The maximum atomic E-state index is 13.6. The van der Waals surface area contributed by atoms with Gasteiger partial charge in [0.05, 0.1) is 20.6 Å². The van der Waals surface area contributed by atoms with Gasteiger partial charge in [-0.15, -0.1) is 11.3 Å². The van der Waals surface area contributed by atoms with E-state index in [-0.39, 0.29) is 5.91 Å². The van der Waals surface area contributed by atoms with Gasteiger partial charge in [-0.25, -0.2) is 4.68 Å². The minimum absolute atomic E-state index is 0.0317. The smallest absolute Gasteiger partial charge is 0.272 e. The SMILES string of the molecule is O=C(c1cc(-c2cccs2)nn1-c1ccc(Cl)c(Cl)c1)N1CCN(Cc2ccccc2)CC1. The van der Waals surface area contributed by atoms with E-state index in [2.05, 4.69) is 29.2 Å². The van der Waals surface area contributed by atoms with E-state index in [0.29, 0.717) is 34.5 Å². The molecule has 0 saturated carbocycles. The van der Waals surface area contributed by atoms with Crippen molar-refractivity contribution in [3.8, 4) is 16.3 Å². The second-order valence-electron chi connectivity index (χ2n) is 7.96. The van der Waals surface area contributed by atoms with Gasteiger partial charge < -0.3 is 4.90 Å². The van der Waals surface area contributed by atoms with Gasteiger partial charge in [-0.2, -0.15) is 5.10 Å². The summed E-state index contributed by atoms with van der Waals surface area (Å²) in [5.74, 6) is -0.0317. The number of hydrogen-bond acceptors (Lipinski definition) is 4. The van der Waals surface area contributed by atoms with E-state index in [1.807, 2.05) is 40.6 Å². The van der Waals surface area contributed by atoms with E-state index >= 15 is 0 Å². The summed E-state index contributed by atoms with van der Waals surface area (Å²) in [6.45, 7) is 3.91. The van der Waals surface area contributed by atoms with Crippen molar-refractivity contribution < 1.29 is 4.79 Å². The molecule has 5 rings (SSSR count). The summed E-state index contributed by atoms with van der Waals surface area (Å²) in [4.78, 5) is 18.9. The van der Waals surface area contributed by atoms with E-state index < -0.39 is 0 Å². The summed E-state index contributed by atoms with van der Waals surface area (Å²) in [7, 11) is 0. The van der Waals surface area contributed by atoms with Gasteiger partial charge in [0, 0.05) is 32.7 Å². The van der Waals surface area contributed by atoms with Gasteiger partial charge in [0.2, 0.25) is 0 Å². The Kier molecular flexibility index (Phi) is 6.51. The van der Waals surface area contributed by atoms with Gasteiger partial charge in [-0.3, -0.25) is 9.69 Å². The van der Waals surface area contributed by atoms with Gasteiger partial charge in [0.25, 0.3) is 5.91 Å². The second kappa shape index (κ2) is 9.69. The summed E-state index contributed by atoms with van der Waals surface area (Å²) in [5, 5.41) is 7.64. The van der Waals surface area contributed by atoms with E-state index in [0.717, 1.165) is 30.2 Å². The minimum atomic E-state index is -0.0317. The van der Waals surface area contributed by atoms with Gasteiger partial charge in [-0.1, -0.05) is 59.6 Å². The molecule has 0 bridgehead atoms. The van der Waals surface area contributed by atoms with Crippen LogP contribution in [-0.4, -0.2) is 51.7 Å². The number of aromatic nitrogens is 2. The molecule has 0 N–H and O–H groups in total. The lowest BCUT2D eigenvalue weighted by Crippen LogP contribution is -2.48. The fourth-order valence-corrected chi connectivity index (χ4v) is 4.98. The van der Waals surface area contributed by atoms with Crippen molar-refractivity contribution in [2.45, 2.75) is 6.54 Å². The standard InChI is InChI=1S/C25H22Cl2N4OS/c26-20-9-8-19(15-21(20)27)31-23(16-22(28-31)24-7-4-14-33-24)25(32)30-12-10-29(11-13-30)17-18-5-2-1-3-6-18/h1-9,14-16H,10-13,17H2. The second-order valence-corrected chi connectivity index (χ2v) is 9.72. The van der Waals surface area contributed by atoms with Crippen LogP contribution in [0.15, 0.2) is 72.1 Å². The third kappa shape index (κ3) is 4.84. The molecule has 2 aromatic carbocycles. The first-order valence-corrected chi connectivity index (χ1v) is 12.4. The molecule has 0 spiro atoms. The molecular formula is C25H22Cl2N4OS. The van der Waals surface area contributed by atoms with Crippen molar-refractivity contribution in [3.63, 3.8) is 0 Å². The topological polar surface area (TPSA) is 41.4 Å². The molecule has 0 unspecified atom stereocenters. The molecule has 2 aromatic heterocycles. The van der Waals surface area contributed by atoms with Crippen molar-refractivity contribution in [1.29, 1.82) is 0 Å². The van der Waals surface area contributed by atoms with E-state index in [4.69, 9.17) is 28.3 Å². The first kappa shape index (κ1) is 22.2. The van der Waals surface area contributed by atoms with Crippen LogP contribution in [0.5, 0.6) is 0 Å². The van der Waals surface area contributed by atoms with Crippen LogP contribution in [-0.2, 0) is 6.54 Å². The molecule has 1 fully saturated rings. The summed E-state index contributed by atoms with van der Waals surface area (Å²) < 4.78 is 1.68. The summed E-state index contributed by atoms with van der Waals surface area (Å²) in [6.07, 6.45) is 0. The number of nitrogens with zero attached hydrogens (tertiary/aromatic N) is 4. The predicted molar refractivity (Wildman–Crippen MR) is 135 cm³/mol. The number of amides is 1. The Balaban J connectivity index is 1.38. The molecule has 0 atom stereocenters. The van der Waals surface area contributed by atoms with Crippen LogP contribution >= 0.6 is 34.5 Å². The zero-order valence-corrected chi connectivity index (χ0v) is 20.2. The number of halogens is 2. The zero-order chi connectivity index (χ0) is 22.8. The molecule has 1 aliphatic heterocycles. The first-order valence-electron chi connectivity index (χ1n) is 10.7. The fourth-order valence-electron chi connectivity index (χ4n) is 4.00. The summed E-state index contributed by atoms with van der Waals surface area (Å²) in [5.41, 5.74) is 3.28. The quantitative estimate of drug-likeness (QED) is 0.347. The Morgan fingerprint density at radius 1 is 0.909 bits per heavy atom. The lowest BCUT2D eigenvalue weighted by atomic mass is 10.2. The van der Waals surface area contributed by atoms with Crippen molar-refractivity contribution >= 4 is 40.4 Å². The number of thiophene rings is 1.